The minimum atomic E-state index is -0.557. The molecular weight excluding hydrogens is 368 g/mol. The molecule has 3 aromatic rings. The van der Waals surface area contributed by atoms with Gasteiger partial charge in [-0.3, -0.25) is 5.32 Å². The molecule has 0 radical (unpaired) electrons. The number of hydrogen-bond donors (Lipinski definition) is 1. The van der Waals surface area contributed by atoms with E-state index in [1.165, 1.54) is 17.8 Å². The summed E-state index contributed by atoms with van der Waals surface area (Å²) in [6.45, 7) is 6.11. The number of thioether (sulfide) groups is 1. The van der Waals surface area contributed by atoms with E-state index in [0.717, 1.165) is 16.1 Å². The molecule has 0 saturated heterocycles. The van der Waals surface area contributed by atoms with Crippen LogP contribution in [0.1, 0.15) is 32.4 Å². The SMILES string of the molecule is CCOC(=O)Nc1ccc2c(CSc3nncn3C(C)C)cc(=O)oc2c1. The van der Waals surface area contributed by atoms with Gasteiger partial charge in [0.05, 0.1) is 6.61 Å². The summed E-state index contributed by atoms with van der Waals surface area (Å²) >= 11 is 1.50. The van der Waals surface area contributed by atoms with Gasteiger partial charge in [0.2, 0.25) is 0 Å². The Morgan fingerprint density at radius 2 is 2.19 bits per heavy atom. The smallest absolute Gasteiger partial charge is 0.411 e. The molecule has 0 atom stereocenters. The van der Waals surface area contributed by atoms with E-state index in [1.807, 2.05) is 10.6 Å². The van der Waals surface area contributed by atoms with Gasteiger partial charge in [-0.2, -0.15) is 0 Å². The molecule has 0 saturated carbocycles. The number of amides is 1. The third-order valence-electron chi connectivity index (χ3n) is 3.81. The van der Waals surface area contributed by atoms with Gasteiger partial charge in [0.1, 0.15) is 11.9 Å². The van der Waals surface area contributed by atoms with Crippen molar-refractivity contribution in [3.8, 4) is 0 Å². The lowest BCUT2D eigenvalue weighted by Gasteiger charge is -2.10. The van der Waals surface area contributed by atoms with Crippen LogP contribution in [0.25, 0.3) is 11.0 Å². The average molecular weight is 388 g/mol. The number of benzene rings is 1. The Bertz CT molecular complexity index is 1010. The highest BCUT2D eigenvalue weighted by atomic mass is 32.2. The summed E-state index contributed by atoms with van der Waals surface area (Å²) in [5.41, 5.74) is 1.27. The van der Waals surface area contributed by atoms with E-state index < -0.39 is 11.7 Å². The number of nitrogens with zero attached hydrogens (tertiary/aromatic N) is 3. The number of rotatable bonds is 6. The van der Waals surface area contributed by atoms with Crippen LogP contribution in [0.5, 0.6) is 0 Å². The van der Waals surface area contributed by atoms with Crippen molar-refractivity contribution in [2.45, 2.75) is 37.7 Å². The zero-order chi connectivity index (χ0) is 19.4. The Morgan fingerprint density at radius 3 is 2.93 bits per heavy atom. The third kappa shape index (κ3) is 4.48. The fraction of sp³-hybridized carbons (Fsp3) is 0.333. The monoisotopic (exact) mass is 388 g/mol. The lowest BCUT2D eigenvalue weighted by atomic mass is 10.1. The Hall–Kier alpha value is -2.81. The van der Waals surface area contributed by atoms with Crippen molar-refractivity contribution in [2.75, 3.05) is 11.9 Å². The predicted molar refractivity (Wildman–Crippen MR) is 103 cm³/mol. The molecule has 0 aliphatic carbocycles. The molecule has 9 heteroatoms. The van der Waals surface area contributed by atoms with E-state index in [0.29, 0.717) is 17.0 Å². The van der Waals surface area contributed by atoms with Gasteiger partial charge in [0.15, 0.2) is 5.16 Å². The van der Waals surface area contributed by atoms with E-state index in [9.17, 15) is 9.59 Å². The summed E-state index contributed by atoms with van der Waals surface area (Å²) in [4.78, 5) is 23.5. The van der Waals surface area contributed by atoms with Crippen LogP contribution in [0.15, 0.2) is 45.0 Å². The number of ether oxygens (including phenoxy) is 1. The summed E-state index contributed by atoms with van der Waals surface area (Å²) in [6.07, 6.45) is 1.14. The Kier molecular flexibility index (Phi) is 5.80. The Morgan fingerprint density at radius 1 is 1.37 bits per heavy atom. The lowest BCUT2D eigenvalue weighted by Crippen LogP contribution is -2.13. The van der Waals surface area contributed by atoms with Gasteiger partial charge in [0.25, 0.3) is 0 Å². The highest BCUT2D eigenvalue weighted by molar-refractivity contribution is 7.98. The molecular formula is C18H20N4O4S. The van der Waals surface area contributed by atoms with Crippen LogP contribution in [-0.4, -0.2) is 27.5 Å². The minimum absolute atomic E-state index is 0.247. The summed E-state index contributed by atoms with van der Waals surface area (Å²) in [6, 6.07) is 6.88. The number of aromatic nitrogens is 3. The van der Waals surface area contributed by atoms with Crippen molar-refractivity contribution in [3.63, 3.8) is 0 Å². The second-order valence-electron chi connectivity index (χ2n) is 6.05. The van der Waals surface area contributed by atoms with E-state index in [2.05, 4.69) is 29.4 Å². The first-order valence-corrected chi connectivity index (χ1v) is 9.49. The number of fused-ring (bicyclic) bond motifs is 1. The lowest BCUT2D eigenvalue weighted by molar-refractivity contribution is 0.168. The van der Waals surface area contributed by atoms with Crippen LogP contribution in [0, 0.1) is 0 Å². The van der Waals surface area contributed by atoms with Crippen LogP contribution in [0.4, 0.5) is 10.5 Å². The van der Waals surface area contributed by atoms with Gasteiger partial charge in [-0.25, -0.2) is 9.59 Å². The van der Waals surface area contributed by atoms with Crippen molar-refractivity contribution in [2.24, 2.45) is 0 Å². The summed E-state index contributed by atoms with van der Waals surface area (Å²) in [5.74, 6) is 0.540. The van der Waals surface area contributed by atoms with E-state index in [4.69, 9.17) is 9.15 Å². The second kappa shape index (κ2) is 8.26. The largest absolute Gasteiger partial charge is 0.450 e. The highest BCUT2D eigenvalue weighted by Crippen LogP contribution is 2.28. The molecule has 1 aromatic carbocycles. The number of carbonyl (C=O) groups excluding carboxylic acids is 1. The van der Waals surface area contributed by atoms with Gasteiger partial charge in [-0.1, -0.05) is 11.8 Å². The molecule has 1 amide bonds. The maximum atomic E-state index is 12.0. The van der Waals surface area contributed by atoms with Crippen LogP contribution in [0.2, 0.25) is 0 Å². The summed E-state index contributed by atoms with van der Waals surface area (Å²) in [5, 5.41) is 12.3. The number of carbonyl (C=O) groups is 1. The van der Waals surface area contributed by atoms with E-state index >= 15 is 0 Å². The molecule has 8 nitrogen and oxygen atoms in total. The zero-order valence-electron chi connectivity index (χ0n) is 15.3. The van der Waals surface area contributed by atoms with E-state index in [-0.39, 0.29) is 12.6 Å². The number of anilines is 1. The molecule has 0 aliphatic heterocycles. The average Bonchev–Trinajstić information content (AvgIpc) is 3.08. The van der Waals surface area contributed by atoms with Crippen molar-refractivity contribution >= 4 is 34.5 Å². The molecule has 2 heterocycles. The van der Waals surface area contributed by atoms with Crippen LogP contribution >= 0.6 is 11.8 Å². The molecule has 0 unspecified atom stereocenters. The summed E-state index contributed by atoms with van der Waals surface area (Å²) in [7, 11) is 0. The second-order valence-corrected chi connectivity index (χ2v) is 6.99. The van der Waals surface area contributed by atoms with Crippen LogP contribution in [-0.2, 0) is 10.5 Å². The van der Waals surface area contributed by atoms with Crippen molar-refractivity contribution in [1.29, 1.82) is 0 Å². The highest BCUT2D eigenvalue weighted by Gasteiger charge is 2.12. The van der Waals surface area contributed by atoms with Gasteiger partial charge in [0, 0.05) is 35.0 Å². The van der Waals surface area contributed by atoms with Crippen molar-refractivity contribution < 1.29 is 13.9 Å². The molecule has 0 aliphatic rings. The molecule has 2 aromatic heterocycles. The maximum absolute atomic E-state index is 12.0. The first-order chi connectivity index (χ1) is 13.0. The zero-order valence-corrected chi connectivity index (χ0v) is 16.1. The maximum Gasteiger partial charge on any atom is 0.411 e. The first-order valence-electron chi connectivity index (χ1n) is 8.50. The predicted octanol–water partition coefficient (Wildman–Crippen LogP) is 3.83. The third-order valence-corrected chi connectivity index (χ3v) is 4.81. The fourth-order valence-electron chi connectivity index (χ4n) is 2.54. The van der Waals surface area contributed by atoms with E-state index in [1.54, 1.807) is 25.4 Å². The van der Waals surface area contributed by atoms with Crippen molar-refractivity contribution in [1.82, 2.24) is 14.8 Å². The number of nitrogens with one attached hydrogen (secondary N) is 1. The van der Waals surface area contributed by atoms with Gasteiger partial charge in [-0.05, 0) is 38.5 Å². The molecule has 0 spiro atoms. The summed E-state index contributed by atoms with van der Waals surface area (Å²) < 4.78 is 12.1. The van der Waals surface area contributed by atoms with Crippen LogP contribution < -0.4 is 10.9 Å². The molecule has 3 rings (SSSR count). The van der Waals surface area contributed by atoms with Gasteiger partial charge >= 0.3 is 11.7 Å². The molecule has 27 heavy (non-hydrogen) atoms. The topological polar surface area (TPSA) is 99.2 Å². The van der Waals surface area contributed by atoms with Crippen molar-refractivity contribution in [3.05, 3.63) is 46.6 Å². The molecule has 0 bridgehead atoms. The molecule has 142 valence electrons. The normalized spacial score (nSPS) is 11.1. The first kappa shape index (κ1) is 19.0. The van der Waals surface area contributed by atoms with Crippen LogP contribution in [0.3, 0.4) is 0 Å². The fourth-order valence-corrected chi connectivity index (χ4v) is 3.58. The number of hydrogen-bond acceptors (Lipinski definition) is 7. The van der Waals surface area contributed by atoms with Gasteiger partial charge in [-0.15, -0.1) is 10.2 Å². The molecule has 0 fully saturated rings. The Labute approximate surface area is 159 Å². The van der Waals surface area contributed by atoms with Gasteiger partial charge < -0.3 is 13.7 Å². The Balaban J connectivity index is 1.86. The quantitative estimate of drug-likeness (QED) is 0.506. The minimum Gasteiger partial charge on any atom is -0.450 e. The standard InChI is InChI=1S/C18H20N4O4S/c1-4-25-18(24)20-13-5-6-14-12(7-16(23)26-15(14)8-13)9-27-17-21-19-10-22(17)11(2)3/h5-8,10-11H,4,9H2,1-3H3,(H,20,24). The molecule has 1 N–H and O–H groups in total.